The van der Waals surface area contributed by atoms with Crippen LogP contribution in [0.2, 0.25) is 0 Å². The van der Waals surface area contributed by atoms with E-state index in [1.54, 1.807) is 0 Å². The molecule has 1 heterocycles. The van der Waals surface area contributed by atoms with Crippen LogP contribution < -0.4 is 10.5 Å². The monoisotopic (exact) mass is 293 g/mol. The highest BCUT2D eigenvalue weighted by Crippen LogP contribution is 2.14. The molecule has 1 fully saturated rings. The average Bonchev–Trinajstić information content (AvgIpc) is 2.35. The summed E-state index contributed by atoms with van der Waals surface area (Å²) in [6.07, 6.45) is 1.70. The zero-order valence-corrected chi connectivity index (χ0v) is 12.9. The topological polar surface area (TPSA) is 84.7 Å². The Balaban J connectivity index is 2.51. The molecule has 0 bridgehead atoms. The number of hydrogen-bond donors (Lipinski definition) is 2. The van der Waals surface area contributed by atoms with Gasteiger partial charge in [-0.25, -0.2) is 13.1 Å². The predicted molar refractivity (Wildman–Crippen MR) is 76.5 cm³/mol. The lowest BCUT2D eigenvalue weighted by Gasteiger charge is -2.35. The molecule has 1 saturated heterocycles. The third kappa shape index (κ3) is 5.00. The summed E-state index contributed by atoms with van der Waals surface area (Å²) in [5, 5.41) is -0.666. The van der Waals surface area contributed by atoms with Crippen LogP contribution in [0.25, 0.3) is 0 Å². The first-order valence-corrected chi connectivity index (χ1v) is 8.39. The van der Waals surface area contributed by atoms with Crippen molar-refractivity contribution in [1.82, 2.24) is 9.62 Å². The SMILES string of the molecule is COCC(CN)S(=O)(=O)NC1CCN(C(C)C)CC1. The van der Waals surface area contributed by atoms with Gasteiger partial charge in [0, 0.05) is 25.7 Å². The maximum Gasteiger partial charge on any atom is 0.218 e. The summed E-state index contributed by atoms with van der Waals surface area (Å²) in [6.45, 7) is 6.40. The quantitative estimate of drug-likeness (QED) is 0.676. The van der Waals surface area contributed by atoms with Crippen LogP contribution >= 0.6 is 0 Å². The molecular formula is C12H27N3O3S. The van der Waals surface area contributed by atoms with E-state index in [0.29, 0.717) is 6.04 Å². The molecular weight excluding hydrogens is 266 g/mol. The standard InChI is InChI=1S/C12H27N3O3S/c1-10(2)15-6-4-11(5-7-15)14-19(16,17)12(8-13)9-18-3/h10-12,14H,4-9,13H2,1-3H3. The Morgan fingerprint density at radius 3 is 2.37 bits per heavy atom. The Morgan fingerprint density at radius 1 is 1.37 bits per heavy atom. The smallest absolute Gasteiger partial charge is 0.218 e. The second-order valence-electron chi connectivity index (χ2n) is 5.38. The van der Waals surface area contributed by atoms with Gasteiger partial charge in [0.1, 0.15) is 5.25 Å². The summed E-state index contributed by atoms with van der Waals surface area (Å²) >= 11 is 0. The minimum absolute atomic E-state index is 0.0194. The van der Waals surface area contributed by atoms with Crippen molar-refractivity contribution in [1.29, 1.82) is 0 Å². The first-order chi connectivity index (χ1) is 8.90. The molecule has 1 aliphatic heterocycles. The maximum absolute atomic E-state index is 12.2. The van der Waals surface area contributed by atoms with E-state index in [4.69, 9.17) is 10.5 Å². The molecule has 1 atom stereocenters. The largest absolute Gasteiger partial charge is 0.383 e. The number of nitrogens with two attached hydrogens (primary N) is 1. The van der Waals surface area contributed by atoms with Gasteiger partial charge in [-0.3, -0.25) is 0 Å². The molecule has 1 unspecified atom stereocenters. The Hall–Kier alpha value is -0.210. The summed E-state index contributed by atoms with van der Waals surface area (Å²) < 4.78 is 32.0. The van der Waals surface area contributed by atoms with Crippen LogP contribution in [0.5, 0.6) is 0 Å². The third-order valence-corrected chi connectivity index (χ3v) is 5.51. The molecule has 0 aromatic rings. The average molecular weight is 293 g/mol. The molecule has 0 aromatic carbocycles. The van der Waals surface area contributed by atoms with E-state index in [1.165, 1.54) is 7.11 Å². The molecule has 0 saturated carbocycles. The minimum atomic E-state index is -3.39. The van der Waals surface area contributed by atoms with Gasteiger partial charge >= 0.3 is 0 Å². The second-order valence-corrected chi connectivity index (χ2v) is 7.37. The van der Waals surface area contributed by atoms with Crippen LogP contribution in [0.15, 0.2) is 0 Å². The van der Waals surface area contributed by atoms with E-state index in [2.05, 4.69) is 23.5 Å². The number of nitrogens with one attached hydrogen (secondary N) is 1. The van der Waals surface area contributed by atoms with Crippen LogP contribution in [0.1, 0.15) is 26.7 Å². The highest BCUT2D eigenvalue weighted by atomic mass is 32.2. The molecule has 6 nitrogen and oxygen atoms in total. The van der Waals surface area contributed by atoms with Crippen molar-refractivity contribution in [2.45, 2.75) is 44.0 Å². The molecule has 114 valence electrons. The van der Waals surface area contributed by atoms with Crippen LogP contribution in [0, 0.1) is 0 Å². The van der Waals surface area contributed by atoms with Gasteiger partial charge in [0.05, 0.1) is 6.61 Å². The van der Waals surface area contributed by atoms with E-state index in [-0.39, 0.29) is 19.2 Å². The first-order valence-electron chi connectivity index (χ1n) is 6.85. The summed E-state index contributed by atoms with van der Waals surface area (Å²) in [4.78, 5) is 2.36. The van der Waals surface area contributed by atoms with Gasteiger partial charge in [-0.05, 0) is 39.8 Å². The van der Waals surface area contributed by atoms with Gasteiger partial charge in [-0.1, -0.05) is 0 Å². The van der Waals surface area contributed by atoms with Crippen LogP contribution in [-0.2, 0) is 14.8 Å². The Labute approximate surface area is 116 Å². The first kappa shape index (κ1) is 16.8. The van der Waals surface area contributed by atoms with Crippen LogP contribution in [-0.4, -0.2) is 64.0 Å². The Morgan fingerprint density at radius 2 is 1.95 bits per heavy atom. The van der Waals surface area contributed by atoms with Crippen molar-refractivity contribution in [3.63, 3.8) is 0 Å². The van der Waals surface area contributed by atoms with Crippen molar-refractivity contribution < 1.29 is 13.2 Å². The minimum Gasteiger partial charge on any atom is -0.383 e. The zero-order valence-electron chi connectivity index (χ0n) is 12.1. The second kappa shape index (κ2) is 7.54. The molecule has 0 radical (unpaired) electrons. The predicted octanol–water partition coefficient (Wildman–Crippen LogP) is -0.248. The molecule has 0 aliphatic carbocycles. The van der Waals surface area contributed by atoms with Gasteiger partial charge in [-0.15, -0.1) is 0 Å². The molecule has 0 spiro atoms. The number of hydrogen-bond acceptors (Lipinski definition) is 5. The molecule has 0 amide bonds. The van der Waals surface area contributed by atoms with Gasteiger partial charge < -0.3 is 15.4 Å². The number of sulfonamides is 1. The van der Waals surface area contributed by atoms with Crippen molar-refractivity contribution in [2.24, 2.45) is 5.73 Å². The third-order valence-electron chi connectivity index (χ3n) is 3.65. The van der Waals surface area contributed by atoms with Crippen molar-refractivity contribution in [2.75, 3.05) is 33.4 Å². The number of piperidine rings is 1. The summed E-state index contributed by atoms with van der Waals surface area (Å²) in [6, 6.07) is 0.536. The maximum atomic E-state index is 12.2. The fourth-order valence-corrected chi connectivity index (χ4v) is 3.79. The van der Waals surface area contributed by atoms with Crippen LogP contribution in [0.3, 0.4) is 0 Å². The Kier molecular flexibility index (Phi) is 6.68. The highest BCUT2D eigenvalue weighted by molar-refractivity contribution is 7.90. The summed E-state index contributed by atoms with van der Waals surface area (Å²) in [5.41, 5.74) is 5.50. The van der Waals surface area contributed by atoms with E-state index >= 15 is 0 Å². The van der Waals surface area contributed by atoms with E-state index in [1.807, 2.05) is 0 Å². The number of nitrogens with zero attached hydrogens (tertiary/aromatic N) is 1. The number of ether oxygens (including phenoxy) is 1. The molecule has 19 heavy (non-hydrogen) atoms. The van der Waals surface area contributed by atoms with Crippen molar-refractivity contribution in [3.05, 3.63) is 0 Å². The lowest BCUT2D eigenvalue weighted by molar-refractivity contribution is 0.167. The summed E-state index contributed by atoms with van der Waals surface area (Å²) in [7, 11) is -1.91. The van der Waals surface area contributed by atoms with E-state index in [0.717, 1.165) is 25.9 Å². The molecule has 7 heteroatoms. The summed E-state index contributed by atoms with van der Waals surface area (Å²) in [5.74, 6) is 0. The van der Waals surface area contributed by atoms with Gasteiger partial charge in [0.25, 0.3) is 0 Å². The van der Waals surface area contributed by atoms with Crippen molar-refractivity contribution in [3.8, 4) is 0 Å². The van der Waals surface area contributed by atoms with Gasteiger partial charge in [0.15, 0.2) is 0 Å². The normalized spacial score (nSPS) is 20.9. The lowest BCUT2D eigenvalue weighted by Crippen LogP contribution is -2.50. The number of likely N-dealkylation sites (tertiary alicyclic amines) is 1. The van der Waals surface area contributed by atoms with Gasteiger partial charge in [-0.2, -0.15) is 0 Å². The Bertz CT molecular complexity index is 351. The van der Waals surface area contributed by atoms with E-state index in [9.17, 15) is 8.42 Å². The van der Waals surface area contributed by atoms with E-state index < -0.39 is 15.3 Å². The number of methoxy groups -OCH3 is 1. The fourth-order valence-electron chi connectivity index (χ4n) is 2.33. The molecule has 0 aromatic heterocycles. The van der Waals surface area contributed by atoms with Crippen LogP contribution in [0.4, 0.5) is 0 Å². The molecule has 1 aliphatic rings. The zero-order chi connectivity index (χ0) is 14.5. The number of rotatable bonds is 7. The van der Waals surface area contributed by atoms with Gasteiger partial charge in [0.2, 0.25) is 10.0 Å². The lowest BCUT2D eigenvalue weighted by atomic mass is 10.1. The molecule has 3 N–H and O–H groups in total. The highest BCUT2D eigenvalue weighted by Gasteiger charge is 2.29. The van der Waals surface area contributed by atoms with Crippen molar-refractivity contribution >= 4 is 10.0 Å². The fraction of sp³-hybridized carbons (Fsp3) is 1.00. The molecule has 1 rings (SSSR count).